The lowest BCUT2D eigenvalue weighted by Gasteiger charge is -2.30. The summed E-state index contributed by atoms with van der Waals surface area (Å²) >= 11 is 1.28. The van der Waals surface area contributed by atoms with Crippen LogP contribution in [0.15, 0.2) is 30.5 Å². The first-order chi connectivity index (χ1) is 40.0. The van der Waals surface area contributed by atoms with Gasteiger partial charge in [-0.1, -0.05) is 45.9 Å². The van der Waals surface area contributed by atoms with Gasteiger partial charge in [-0.2, -0.15) is 11.8 Å². The molecule has 1 fully saturated rings. The number of primary amides is 1. The number of H-pyrrole nitrogens is 1. The van der Waals surface area contributed by atoms with Gasteiger partial charge in [0.2, 0.25) is 65.0 Å². The molecule has 18 N–H and O–H groups in total. The molecule has 0 spiro atoms. The van der Waals surface area contributed by atoms with Crippen LogP contribution in [-0.4, -0.2) is 205 Å². The molecule has 1 aromatic heterocycles. The predicted octanol–water partition coefficient (Wildman–Crippen LogP) is -4.21. The molecule has 31 nitrogen and oxygen atoms in total. The average Bonchev–Trinajstić information content (AvgIpc) is 3.86. The van der Waals surface area contributed by atoms with Crippen LogP contribution < -0.4 is 59.3 Å². The van der Waals surface area contributed by atoms with E-state index in [2.05, 4.69) is 52.8 Å². The Bertz CT molecular complexity index is 2760. The van der Waals surface area contributed by atoms with Crippen molar-refractivity contribution in [3.63, 3.8) is 0 Å². The average molecular weight is 1220 g/mol. The number of aromatic amines is 1. The number of carboxylic acids is 3. The largest absolute Gasteiger partial charge is 0.481 e. The fourth-order valence-corrected chi connectivity index (χ4v) is 9.39. The van der Waals surface area contributed by atoms with E-state index in [9.17, 15) is 87.5 Å². The van der Waals surface area contributed by atoms with Gasteiger partial charge in [0, 0.05) is 30.1 Å². The lowest BCUT2D eigenvalue weighted by Crippen LogP contribution is -2.60. The van der Waals surface area contributed by atoms with E-state index in [1.54, 1.807) is 12.5 Å². The summed E-state index contributed by atoms with van der Waals surface area (Å²) in [5, 5.41) is 60.9. The lowest BCUT2D eigenvalue weighted by atomic mass is 10.0. The highest BCUT2D eigenvalue weighted by atomic mass is 32.2. The number of benzene rings is 1. The van der Waals surface area contributed by atoms with Crippen molar-refractivity contribution >= 4 is 106 Å². The number of hydrogen-bond acceptors (Lipinski definition) is 17. The van der Waals surface area contributed by atoms with Crippen LogP contribution in [0.3, 0.4) is 0 Å². The second-order valence-electron chi connectivity index (χ2n) is 21.1. The van der Waals surface area contributed by atoms with Crippen LogP contribution in [0.25, 0.3) is 10.9 Å². The zero-order valence-corrected chi connectivity index (χ0v) is 48.8. The number of thioether (sulfide) groups is 1. The zero-order chi connectivity index (χ0) is 63.8. The number of carbonyl (C=O) groups is 14. The molecule has 1 aromatic carbocycles. The number of carboxylic acid groups (broad SMARTS) is 3. The summed E-state index contributed by atoms with van der Waals surface area (Å²) in [5.74, 6) is -15.9. The number of nitrogens with one attached hydrogen (secondary N) is 10. The molecule has 2 aromatic rings. The van der Waals surface area contributed by atoms with E-state index in [0.29, 0.717) is 0 Å². The molecule has 2 heterocycles. The van der Waals surface area contributed by atoms with E-state index < -0.39 is 182 Å². The maximum atomic E-state index is 14.2. The second kappa shape index (κ2) is 34.4. The first-order valence-corrected chi connectivity index (χ1v) is 28.7. The van der Waals surface area contributed by atoms with Gasteiger partial charge in [-0.05, 0) is 80.9 Å². The summed E-state index contributed by atoms with van der Waals surface area (Å²) < 4.78 is 0. The quantitative estimate of drug-likeness (QED) is 0.0307. The number of aliphatic hydroxyl groups is 1. The number of rotatable bonds is 36. The molecular weight excluding hydrogens is 1140 g/mol. The monoisotopic (exact) mass is 1220 g/mol. The number of fused-ring (bicyclic) bond motifs is 1. The fraction of sp³-hybridized carbons (Fsp3) is 0.585. The Morgan fingerprint density at radius 1 is 0.682 bits per heavy atom. The van der Waals surface area contributed by atoms with Gasteiger partial charge in [-0.15, -0.1) is 0 Å². The Kier molecular flexibility index (Phi) is 28.7. The van der Waals surface area contributed by atoms with E-state index in [-0.39, 0.29) is 56.7 Å². The van der Waals surface area contributed by atoms with Crippen molar-refractivity contribution in [3.05, 3.63) is 36.0 Å². The van der Waals surface area contributed by atoms with Crippen LogP contribution in [-0.2, 0) is 73.5 Å². The van der Waals surface area contributed by atoms with Crippen molar-refractivity contribution < 1.29 is 87.5 Å². The van der Waals surface area contributed by atoms with Crippen LogP contribution in [0, 0.1) is 11.8 Å². The molecule has 1 aliphatic heterocycles. The van der Waals surface area contributed by atoms with Crippen molar-refractivity contribution in [2.24, 2.45) is 23.3 Å². The Labute approximate surface area is 493 Å². The summed E-state index contributed by atoms with van der Waals surface area (Å²) in [6, 6.07) is -7.55. The van der Waals surface area contributed by atoms with Crippen molar-refractivity contribution in [1.82, 2.24) is 57.7 Å². The minimum absolute atomic E-state index is 0.0552. The molecule has 85 heavy (non-hydrogen) atoms. The molecule has 0 radical (unpaired) electrons. The molecule has 11 amide bonds. The van der Waals surface area contributed by atoms with Crippen molar-refractivity contribution in [1.29, 1.82) is 0 Å². The molecule has 0 aliphatic carbocycles. The number of carbonyl (C=O) groups excluding carboxylic acids is 11. The minimum Gasteiger partial charge on any atom is -0.481 e. The number of aliphatic hydroxyl groups excluding tert-OH is 1. The number of aromatic nitrogens is 1. The minimum atomic E-state index is -1.99. The van der Waals surface area contributed by atoms with Gasteiger partial charge in [0.1, 0.15) is 54.4 Å². The van der Waals surface area contributed by atoms with Gasteiger partial charge < -0.3 is 89.6 Å². The van der Waals surface area contributed by atoms with Gasteiger partial charge in [0.25, 0.3) is 0 Å². The number of likely N-dealkylation sites (tertiary alicyclic amines) is 1. The Balaban J connectivity index is 1.70. The van der Waals surface area contributed by atoms with E-state index in [1.807, 2.05) is 38.1 Å². The molecular formula is C53H79N13O18S. The summed E-state index contributed by atoms with van der Waals surface area (Å²) in [6.45, 7) is 5.73. The SMILES string of the molecule is CSCC[C@H](NC(=O)[C@H](C)NC(=O)[C@H](CC(C)C)NC(=O)[C@@H](N)Cc1c[nH]c2ccccc12)C(=O)N[C@@H](CC(=O)O)C(=O)N1CCC[C@H]1C(=O)N[C@@H](CC(=O)O)C(=O)N[C@@H](CO)C(=O)NCC(=O)N[C@@H](CCC(N)=O)C(=O)N[C@H](C(=O)O)C(C)C. The summed E-state index contributed by atoms with van der Waals surface area (Å²) in [6.07, 6.45) is 0.807. The summed E-state index contributed by atoms with van der Waals surface area (Å²) in [4.78, 5) is 186. The maximum absolute atomic E-state index is 14.2. The number of aliphatic carboxylic acids is 3. The lowest BCUT2D eigenvalue weighted by molar-refractivity contribution is -0.146. The third-order valence-electron chi connectivity index (χ3n) is 13.4. The molecule has 10 atom stereocenters. The third-order valence-corrected chi connectivity index (χ3v) is 14.1. The topological polar surface area (TPSA) is 499 Å². The fourth-order valence-electron chi connectivity index (χ4n) is 8.92. The van der Waals surface area contributed by atoms with Gasteiger partial charge in [0.15, 0.2) is 0 Å². The summed E-state index contributed by atoms with van der Waals surface area (Å²) in [5.41, 5.74) is 13.1. The second-order valence-corrected chi connectivity index (χ2v) is 22.1. The normalized spacial score (nSPS) is 16.2. The predicted molar refractivity (Wildman–Crippen MR) is 304 cm³/mol. The Morgan fingerprint density at radius 3 is 1.86 bits per heavy atom. The molecule has 0 unspecified atom stereocenters. The molecule has 470 valence electrons. The van der Waals surface area contributed by atoms with Gasteiger partial charge in [-0.3, -0.25) is 62.3 Å². The van der Waals surface area contributed by atoms with Gasteiger partial charge in [0.05, 0.1) is 32.0 Å². The van der Waals surface area contributed by atoms with Crippen molar-refractivity contribution in [3.8, 4) is 0 Å². The van der Waals surface area contributed by atoms with E-state index in [1.165, 1.54) is 32.5 Å². The van der Waals surface area contributed by atoms with E-state index in [4.69, 9.17) is 11.5 Å². The first-order valence-electron chi connectivity index (χ1n) is 27.3. The molecule has 32 heteroatoms. The summed E-state index contributed by atoms with van der Waals surface area (Å²) in [7, 11) is 0. The van der Waals surface area contributed by atoms with E-state index >= 15 is 0 Å². The number of nitrogens with zero attached hydrogens (tertiary/aromatic N) is 1. The van der Waals surface area contributed by atoms with Crippen molar-refractivity contribution in [2.45, 2.75) is 153 Å². The highest BCUT2D eigenvalue weighted by molar-refractivity contribution is 7.98. The van der Waals surface area contributed by atoms with Gasteiger partial charge in [-0.25, -0.2) is 4.79 Å². The standard InChI is InChI=1S/C53H79N13O18S/c1-25(2)18-34(61-45(75)30(54)19-28-22-56-31-11-8-7-10-29(28)31)49(79)58-27(5)44(74)60-33(15-17-85-6)47(77)63-36(21-42(72)73)52(82)66-16-9-12-38(66)51(81)62-35(20-41(70)71)50(80)64-37(24-67)46(76)57-23-40(69)59-32(13-14-39(55)68)48(78)65-43(26(3)4)53(83)84/h7-8,10-11,22,25-27,30,32-38,43,56,67H,9,12-21,23-24,54H2,1-6H3,(H2,55,68)(H,57,76)(H,58,79)(H,59,69)(H,60,74)(H,61,75)(H,62,81)(H,63,77)(H,64,80)(H,65,78)(H,70,71)(H,72,73)(H,83,84)/t27-,30-,32-,33-,34-,35-,36-,37-,38-,43-/m0/s1. The molecule has 0 saturated carbocycles. The number of para-hydroxylation sites is 1. The third kappa shape index (κ3) is 22.9. The number of hydrogen-bond donors (Lipinski definition) is 16. The number of nitrogens with two attached hydrogens (primary N) is 2. The maximum Gasteiger partial charge on any atom is 0.326 e. The smallest absolute Gasteiger partial charge is 0.326 e. The van der Waals surface area contributed by atoms with Gasteiger partial charge >= 0.3 is 17.9 Å². The zero-order valence-electron chi connectivity index (χ0n) is 48.0. The Morgan fingerprint density at radius 2 is 1.26 bits per heavy atom. The highest BCUT2D eigenvalue weighted by Crippen LogP contribution is 2.21. The van der Waals surface area contributed by atoms with Crippen LogP contribution in [0.1, 0.15) is 91.5 Å². The number of amides is 11. The van der Waals surface area contributed by atoms with Crippen LogP contribution >= 0.6 is 11.8 Å². The van der Waals surface area contributed by atoms with Crippen LogP contribution in [0.5, 0.6) is 0 Å². The highest BCUT2D eigenvalue weighted by Gasteiger charge is 2.41. The van der Waals surface area contributed by atoms with Crippen molar-refractivity contribution in [2.75, 3.05) is 31.7 Å². The first kappa shape index (κ1) is 70.9. The molecule has 1 saturated heterocycles. The Hall–Kier alpha value is -8.39. The van der Waals surface area contributed by atoms with E-state index in [0.717, 1.165) is 21.4 Å². The molecule has 0 bridgehead atoms. The molecule has 1 aliphatic rings. The van der Waals surface area contributed by atoms with Crippen LogP contribution in [0.4, 0.5) is 0 Å². The molecule has 3 rings (SSSR count). The van der Waals surface area contributed by atoms with Crippen LogP contribution in [0.2, 0.25) is 0 Å².